The van der Waals surface area contributed by atoms with Gasteiger partial charge in [0.1, 0.15) is 0 Å². The molecule has 0 radical (unpaired) electrons. The Morgan fingerprint density at radius 3 is 2.69 bits per heavy atom. The van der Waals surface area contributed by atoms with Crippen LogP contribution in [0.2, 0.25) is 0 Å². The number of unbranched alkanes of at least 4 members (excludes halogenated alkanes) is 1. The molecule has 2 aromatic heterocycles. The number of anilines is 1. The lowest BCUT2D eigenvalue weighted by Crippen LogP contribution is -2.20. The van der Waals surface area contributed by atoms with Gasteiger partial charge in [0, 0.05) is 6.04 Å². The van der Waals surface area contributed by atoms with E-state index in [4.69, 9.17) is 15.2 Å². The zero-order valence-corrected chi connectivity index (χ0v) is 18.3. The van der Waals surface area contributed by atoms with Gasteiger partial charge in [0.2, 0.25) is 0 Å². The normalized spacial score (nSPS) is 13.8. The first-order valence-electron chi connectivity index (χ1n) is 10.7. The summed E-state index contributed by atoms with van der Waals surface area (Å²) in [6.07, 6.45) is 3.02. The fourth-order valence-corrected chi connectivity index (χ4v) is 3.93. The molecule has 3 heterocycles. The maximum absolute atomic E-state index is 12.4. The first-order valence-corrected chi connectivity index (χ1v) is 10.7. The van der Waals surface area contributed by atoms with Crippen LogP contribution in [0.25, 0.3) is 11.2 Å². The Kier molecular flexibility index (Phi) is 5.93. The molecule has 10 nitrogen and oxygen atoms in total. The average Bonchev–Trinajstić information content (AvgIpc) is 3.30. The summed E-state index contributed by atoms with van der Waals surface area (Å²) in [6.45, 7) is 4.58. The van der Waals surface area contributed by atoms with E-state index in [1.165, 1.54) is 7.11 Å². The van der Waals surface area contributed by atoms with Crippen molar-refractivity contribution in [3.05, 3.63) is 34.9 Å². The van der Waals surface area contributed by atoms with E-state index in [0.717, 1.165) is 18.4 Å². The number of aromatic nitrogens is 4. The number of hydrogen-bond donors (Lipinski definition) is 2. The average molecular weight is 438 g/mol. The molecule has 1 aliphatic rings. The van der Waals surface area contributed by atoms with Gasteiger partial charge in [-0.25, -0.2) is 0 Å². The number of imidazole rings is 1. The van der Waals surface area contributed by atoms with E-state index in [-0.39, 0.29) is 29.7 Å². The van der Waals surface area contributed by atoms with Crippen molar-refractivity contribution in [1.29, 1.82) is 0 Å². The Hall–Kier alpha value is -3.69. The van der Waals surface area contributed by atoms with E-state index >= 15 is 0 Å². The summed E-state index contributed by atoms with van der Waals surface area (Å²) in [4.78, 5) is 37.7. The van der Waals surface area contributed by atoms with Gasteiger partial charge in [-0.15, -0.1) is 0 Å². The number of carbonyl (C=O) groups is 2. The number of carbonyl (C=O) groups excluding carboxylic acids is 2. The molecule has 1 unspecified atom stereocenters. The molecule has 0 bridgehead atoms. The fourth-order valence-electron chi connectivity index (χ4n) is 3.93. The highest BCUT2D eigenvalue weighted by atomic mass is 16.5. The lowest BCUT2D eigenvalue weighted by Gasteiger charge is -2.20. The number of methoxy groups -OCH3 is 1. The number of nitrogens with two attached hydrogens (primary N) is 1. The van der Waals surface area contributed by atoms with Crippen LogP contribution in [0, 0.1) is 0 Å². The number of imide groups is 1. The fraction of sp³-hybridized carbons (Fsp3) is 0.409. The van der Waals surface area contributed by atoms with E-state index in [2.05, 4.69) is 27.2 Å². The minimum atomic E-state index is -0.379. The number of benzene rings is 1. The smallest absolute Gasteiger partial charge is 0.320 e. The number of nitrogens with one attached hydrogen (secondary N) is 1. The summed E-state index contributed by atoms with van der Waals surface area (Å²) in [5.41, 5.74) is 8.65. The standard InChI is InChI=1S/C22H26N6O4/c1-4-6-10-32-21-25-17(23)16-18(26-21)28(22(24-16)31-3)13(5-2)11-12-8-7-9-14-15(12)20(30)27-19(14)29/h7-9,13H,4-6,10-11H2,1-3H3,(H2,23,25,26)(H,27,29,30). The summed E-state index contributed by atoms with van der Waals surface area (Å²) in [6, 6.07) is 5.65. The number of rotatable bonds is 9. The van der Waals surface area contributed by atoms with E-state index in [9.17, 15) is 9.59 Å². The van der Waals surface area contributed by atoms with Crippen LogP contribution in [0.3, 0.4) is 0 Å². The van der Waals surface area contributed by atoms with Crippen molar-refractivity contribution in [2.24, 2.45) is 0 Å². The molecule has 0 saturated heterocycles. The molecule has 3 aromatic rings. The zero-order valence-electron chi connectivity index (χ0n) is 18.3. The minimum Gasteiger partial charge on any atom is -0.468 e. The predicted octanol–water partition coefficient (Wildman–Crippen LogP) is 2.67. The maximum atomic E-state index is 12.4. The second-order valence-corrected chi connectivity index (χ2v) is 7.62. The topological polar surface area (TPSA) is 134 Å². The largest absolute Gasteiger partial charge is 0.468 e. The molecule has 2 amide bonds. The van der Waals surface area contributed by atoms with Gasteiger partial charge in [-0.05, 0) is 30.9 Å². The summed E-state index contributed by atoms with van der Waals surface area (Å²) < 4.78 is 13.1. The van der Waals surface area contributed by atoms with E-state index in [0.29, 0.717) is 47.7 Å². The summed E-state index contributed by atoms with van der Waals surface area (Å²) in [5.74, 6) is -0.546. The first-order chi connectivity index (χ1) is 15.5. The predicted molar refractivity (Wildman–Crippen MR) is 118 cm³/mol. The Morgan fingerprint density at radius 2 is 1.97 bits per heavy atom. The third kappa shape index (κ3) is 3.72. The Balaban J connectivity index is 1.77. The van der Waals surface area contributed by atoms with Crippen molar-refractivity contribution in [3.8, 4) is 12.0 Å². The second-order valence-electron chi connectivity index (χ2n) is 7.62. The van der Waals surface area contributed by atoms with Gasteiger partial charge in [0.05, 0.1) is 24.8 Å². The molecular formula is C22H26N6O4. The van der Waals surface area contributed by atoms with Crippen molar-refractivity contribution in [1.82, 2.24) is 24.8 Å². The SMILES string of the molecule is CCCCOc1nc(N)c2nc(OC)n(C(CC)Cc3cccc4c3C(=O)NC4=O)c2n1. The van der Waals surface area contributed by atoms with Gasteiger partial charge in [-0.2, -0.15) is 15.0 Å². The molecule has 0 saturated carbocycles. The molecule has 0 fully saturated rings. The van der Waals surface area contributed by atoms with Crippen LogP contribution in [0.5, 0.6) is 12.0 Å². The Labute approximate surface area is 185 Å². The number of amides is 2. The highest BCUT2D eigenvalue weighted by Gasteiger charge is 2.31. The lowest BCUT2D eigenvalue weighted by molar-refractivity contribution is 0.0879. The van der Waals surface area contributed by atoms with Gasteiger partial charge < -0.3 is 15.2 Å². The number of fused-ring (bicyclic) bond motifs is 2. The lowest BCUT2D eigenvalue weighted by atomic mass is 9.96. The van der Waals surface area contributed by atoms with Gasteiger partial charge in [0.15, 0.2) is 17.0 Å². The highest BCUT2D eigenvalue weighted by molar-refractivity contribution is 6.22. The molecular weight excluding hydrogens is 412 g/mol. The number of nitrogens with zero attached hydrogens (tertiary/aromatic N) is 4. The van der Waals surface area contributed by atoms with Crippen molar-refractivity contribution < 1.29 is 19.1 Å². The highest BCUT2D eigenvalue weighted by Crippen LogP contribution is 2.33. The molecule has 3 N–H and O–H groups in total. The first kappa shape index (κ1) is 21.5. The molecule has 0 spiro atoms. The summed E-state index contributed by atoms with van der Waals surface area (Å²) in [7, 11) is 1.53. The third-order valence-corrected chi connectivity index (χ3v) is 5.57. The molecule has 32 heavy (non-hydrogen) atoms. The van der Waals surface area contributed by atoms with Crippen LogP contribution >= 0.6 is 0 Å². The molecule has 4 rings (SSSR count). The van der Waals surface area contributed by atoms with Gasteiger partial charge in [-0.3, -0.25) is 19.5 Å². The van der Waals surface area contributed by atoms with Gasteiger partial charge in [-0.1, -0.05) is 32.4 Å². The zero-order chi connectivity index (χ0) is 22.8. The van der Waals surface area contributed by atoms with Gasteiger partial charge >= 0.3 is 6.01 Å². The van der Waals surface area contributed by atoms with Crippen LogP contribution < -0.4 is 20.5 Å². The van der Waals surface area contributed by atoms with E-state index in [1.807, 2.05) is 17.6 Å². The van der Waals surface area contributed by atoms with Crippen molar-refractivity contribution in [2.75, 3.05) is 19.5 Å². The van der Waals surface area contributed by atoms with Crippen molar-refractivity contribution >= 4 is 28.8 Å². The monoisotopic (exact) mass is 438 g/mol. The molecule has 10 heteroatoms. The summed E-state index contributed by atoms with van der Waals surface area (Å²) in [5, 5.41) is 2.36. The molecule has 0 aliphatic carbocycles. The van der Waals surface area contributed by atoms with Crippen LogP contribution in [0.15, 0.2) is 18.2 Å². The van der Waals surface area contributed by atoms with Crippen LogP contribution in [0.1, 0.15) is 65.4 Å². The maximum Gasteiger partial charge on any atom is 0.320 e. The number of nitrogen functional groups attached to an aromatic ring is 1. The minimum absolute atomic E-state index is 0.164. The molecule has 1 aliphatic heterocycles. The van der Waals surface area contributed by atoms with Gasteiger partial charge in [0.25, 0.3) is 17.8 Å². The summed E-state index contributed by atoms with van der Waals surface area (Å²) >= 11 is 0. The van der Waals surface area contributed by atoms with Crippen molar-refractivity contribution in [3.63, 3.8) is 0 Å². The van der Waals surface area contributed by atoms with Crippen LogP contribution in [-0.4, -0.2) is 45.1 Å². The van der Waals surface area contributed by atoms with Crippen LogP contribution in [0.4, 0.5) is 5.82 Å². The quantitative estimate of drug-likeness (QED) is 0.385. The Morgan fingerprint density at radius 1 is 1.16 bits per heavy atom. The van der Waals surface area contributed by atoms with E-state index < -0.39 is 0 Å². The Bertz CT molecular complexity index is 1190. The molecule has 1 aromatic carbocycles. The van der Waals surface area contributed by atoms with Crippen molar-refractivity contribution in [2.45, 2.75) is 45.6 Å². The van der Waals surface area contributed by atoms with Crippen LogP contribution in [-0.2, 0) is 6.42 Å². The number of hydrogen-bond acceptors (Lipinski definition) is 8. The molecule has 168 valence electrons. The third-order valence-electron chi connectivity index (χ3n) is 5.57. The van der Waals surface area contributed by atoms with E-state index in [1.54, 1.807) is 12.1 Å². The number of ether oxygens (including phenoxy) is 2. The second kappa shape index (κ2) is 8.81. The molecule has 1 atom stereocenters.